The Bertz CT molecular complexity index is 258. The largest absolute Gasteiger partial charge is 0.465 e. The maximum atomic E-state index is 12.0. The van der Waals surface area contributed by atoms with Crippen LogP contribution >= 0.6 is 0 Å². The van der Waals surface area contributed by atoms with Gasteiger partial charge in [0.15, 0.2) is 0 Å². The molecule has 2 unspecified atom stereocenters. The van der Waals surface area contributed by atoms with Crippen molar-refractivity contribution in [2.24, 2.45) is 0 Å². The van der Waals surface area contributed by atoms with Crippen LogP contribution in [0, 0.1) is 0 Å². The topological polar surface area (TPSA) is 32.8 Å². The summed E-state index contributed by atoms with van der Waals surface area (Å²) in [4.78, 5) is 16.6. The Hall–Kier alpha value is -0.610. The summed E-state index contributed by atoms with van der Waals surface area (Å²) in [6.07, 6.45) is 4.29. The van der Waals surface area contributed by atoms with Gasteiger partial charge >= 0.3 is 5.97 Å². The van der Waals surface area contributed by atoms with Crippen LogP contribution in [0.2, 0.25) is 0 Å². The summed E-state index contributed by atoms with van der Waals surface area (Å²) in [5.74, 6) is -0.0601. The molecule has 0 aromatic carbocycles. The summed E-state index contributed by atoms with van der Waals surface area (Å²) in [7, 11) is 4.22. The molecular formula is C14H28N2O2. The summed E-state index contributed by atoms with van der Waals surface area (Å²) < 4.78 is 5.20. The first-order valence-electron chi connectivity index (χ1n) is 7.17. The molecule has 0 saturated carbocycles. The zero-order chi connectivity index (χ0) is 13.5. The van der Waals surface area contributed by atoms with E-state index in [2.05, 4.69) is 30.8 Å². The molecule has 0 spiro atoms. The van der Waals surface area contributed by atoms with E-state index in [1.807, 2.05) is 6.92 Å². The van der Waals surface area contributed by atoms with Crippen LogP contribution in [0.5, 0.6) is 0 Å². The Labute approximate surface area is 111 Å². The fourth-order valence-corrected chi connectivity index (χ4v) is 2.73. The molecule has 0 bridgehead atoms. The minimum absolute atomic E-state index is 0.0601. The second-order valence-electron chi connectivity index (χ2n) is 5.28. The number of nitrogens with zero attached hydrogens (tertiary/aromatic N) is 2. The molecule has 0 radical (unpaired) electrons. The Morgan fingerprint density at radius 3 is 2.78 bits per heavy atom. The molecule has 4 heteroatoms. The molecule has 18 heavy (non-hydrogen) atoms. The van der Waals surface area contributed by atoms with E-state index in [1.54, 1.807) is 0 Å². The van der Waals surface area contributed by atoms with Gasteiger partial charge in [-0.1, -0.05) is 13.3 Å². The molecule has 0 aliphatic carbocycles. The fourth-order valence-electron chi connectivity index (χ4n) is 2.73. The molecule has 1 fully saturated rings. The fraction of sp³-hybridized carbons (Fsp3) is 0.929. The van der Waals surface area contributed by atoms with Crippen molar-refractivity contribution in [2.45, 2.75) is 51.6 Å². The molecule has 0 amide bonds. The predicted molar refractivity (Wildman–Crippen MR) is 73.6 cm³/mol. The number of hydrogen-bond acceptors (Lipinski definition) is 4. The van der Waals surface area contributed by atoms with Gasteiger partial charge in [-0.25, -0.2) is 0 Å². The van der Waals surface area contributed by atoms with E-state index in [4.69, 9.17) is 4.74 Å². The van der Waals surface area contributed by atoms with Crippen LogP contribution in [0.25, 0.3) is 0 Å². The van der Waals surface area contributed by atoms with Crippen molar-refractivity contribution in [3.8, 4) is 0 Å². The van der Waals surface area contributed by atoms with Gasteiger partial charge in [0.1, 0.15) is 6.04 Å². The maximum absolute atomic E-state index is 12.0. The summed E-state index contributed by atoms with van der Waals surface area (Å²) in [6, 6.07) is 0.399. The molecule has 1 rings (SSSR count). The van der Waals surface area contributed by atoms with Crippen LogP contribution in [0.15, 0.2) is 0 Å². The van der Waals surface area contributed by atoms with Crippen LogP contribution in [0.1, 0.15) is 39.5 Å². The van der Waals surface area contributed by atoms with Crippen LogP contribution in [0.4, 0.5) is 0 Å². The van der Waals surface area contributed by atoms with Crippen molar-refractivity contribution in [1.82, 2.24) is 9.80 Å². The second-order valence-corrected chi connectivity index (χ2v) is 5.28. The van der Waals surface area contributed by atoms with Crippen LogP contribution in [-0.2, 0) is 9.53 Å². The average Bonchev–Trinajstić information content (AvgIpc) is 2.35. The molecule has 0 aromatic heterocycles. The van der Waals surface area contributed by atoms with E-state index in [-0.39, 0.29) is 12.0 Å². The zero-order valence-electron chi connectivity index (χ0n) is 12.3. The van der Waals surface area contributed by atoms with Crippen molar-refractivity contribution in [2.75, 3.05) is 33.8 Å². The quantitative estimate of drug-likeness (QED) is 0.678. The maximum Gasteiger partial charge on any atom is 0.323 e. The molecular weight excluding hydrogens is 228 g/mol. The molecule has 4 nitrogen and oxygen atoms in total. The molecule has 106 valence electrons. The highest BCUT2D eigenvalue weighted by atomic mass is 16.5. The lowest BCUT2D eigenvalue weighted by atomic mass is 10.0. The SMILES string of the molecule is CCCC(C(=O)OCC)N(C)C1CCCN(C)C1. The third kappa shape index (κ3) is 4.25. The summed E-state index contributed by atoms with van der Waals surface area (Å²) >= 11 is 0. The summed E-state index contributed by atoms with van der Waals surface area (Å²) in [5.41, 5.74) is 0. The van der Waals surface area contributed by atoms with Crippen molar-refractivity contribution >= 4 is 5.97 Å². The van der Waals surface area contributed by atoms with Crippen molar-refractivity contribution < 1.29 is 9.53 Å². The molecule has 1 saturated heterocycles. The first kappa shape index (κ1) is 15.4. The number of hydrogen-bond donors (Lipinski definition) is 0. The number of ether oxygens (including phenoxy) is 1. The third-order valence-corrected chi connectivity index (χ3v) is 3.79. The first-order valence-corrected chi connectivity index (χ1v) is 7.17. The lowest BCUT2D eigenvalue weighted by Gasteiger charge is -2.39. The smallest absolute Gasteiger partial charge is 0.323 e. The number of carbonyl (C=O) groups is 1. The Balaban J connectivity index is 2.62. The van der Waals surface area contributed by atoms with E-state index in [9.17, 15) is 4.79 Å². The normalized spacial score (nSPS) is 23.1. The highest BCUT2D eigenvalue weighted by molar-refractivity contribution is 5.75. The minimum Gasteiger partial charge on any atom is -0.465 e. The Morgan fingerprint density at radius 1 is 1.50 bits per heavy atom. The number of carbonyl (C=O) groups excluding carboxylic acids is 1. The minimum atomic E-state index is -0.0774. The van der Waals surface area contributed by atoms with Crippen LogP contribution in [-0.4, -0.2) is 61.6 Å². The molecule has 1 aliphatic rings. The van der Waals surface area contributed by atoms with Gasteiger partial charge in [-0.2, -0.15) is 0 Å². The third-order valence-electron chi connectivity index (χ3n) is 3.79. The summed E-state index contributed by atoms with van der Waals surface area (Å²) in [5, 5.41) is 0. The standard InChI is InChI=1S/C14H28N2O2/c1-5-8-13(14(17)18-6-2)16(4)12-9-7-10-15(3)11-12/h12-13H,5-11H2,1-4H3. The highest BCUT2D eigenvalue weighted by Crippen LogP contribution is 2.18. The zero-order valence-corrected chi connectivity index (χ0v) is 12.3. The van der Waals surface area contributed by atoms with Gasteiger partial charge in [0.2, 0.25) is 0 Å². The number of piperidine rings is 1. The second kappa shape index (κ2) is 7.74. The number of rotatable bonds is 6. The van der Waals surface area contributed by atoms with Gasteiger partial charge in [0.05, 0.1) is 6.61 Å². The van der Waals surface area contributed by atoms with Crippen molar-refractivity contribution in [1.29, 1.82) is 0 Å². The van der Waals surface area contributed by atoms with E-state index in [0.29, 0.717) is 12.6 Å². The number of likely N-dealkylation sites (tertiary alicyclic amines) is 1. The lowest BCUT2D eigenvalue weighted by Crippen LogP contribution is -2.51. The van der Waals surface area contributed by atoms with Gasteiger partial charge in [0, 0.05) is 12.6 Å². The van der Waals surface area contributed by atoms with Crippen molar-refractivity contribution in [3.63, 3.8) is 0 Å². The van der Waals surface area contributed by atoms with Gasteiger partial charge in [0.25, 0.3) is 0 Å². The van der Waals surface area contributed by atoms with Crippen molar-refractivity contribution in [3.05, 3.63) is 0 Å². The van der Waals surface area contributed by atoms with Gasteiger partial charge in [-0.15, -0.1) is 0 Å². The molecule has 2 atom stereocenters. The van der Waals surface area contributed by atoms with Gasteiger partial charge in [-0.05, 0) is 46.8 Å². The van der Waals surface area contributed by atoms with Crippen LogP contribution in [0.3, 0.4) is 0 Å². The van der Waals surface area contributed by atoms with Gasteiger partial charge < -0.3 is 9.64 Å². The Kier molecular flexibility index (Phi) is 6.65. The molecule has 1 aliphatic heterocycles. The highest BCUT2D eigenvalue weighted by Gasteiger charge is 2.30. The van der Waals surface area contributed by atoms with E-state index in [0.717, 1.165) is 19.4 Å². The van der Waals surface area contributed by atoms with E-state index in [1.165, 1.54) is 19.4 Å². The molecule has 0 N–H and O–H groups in total. The molecule has 0 aromatic rings. The number of esters is 1. The Morgan fingerprint density at radius 2 is 2.22 bits per heavy atom. The number of likely N-dealkylation sites (N-methyl/N-ethyl adjacent to an activating group) is 2. The van der Waals surface area contributed by atoms with E-state index < -0.39 is 0 Å². The first-order chi connectivity index (χ1) is 8.60. The lowest BCUT2D eigenvalue weighted by molar-refractivity contribution is -0.150. The predicted octanol–water partition coefficient (Wildman–Crippen LogP) is 1.74. The monoisotopic (exact) mass is 256 g/mol. The van der Waals surface area contributed by atoms with Crippen LogP contribution < -0.4 is 0 Å². The van der Waals surface area contributed by atoms with Gasteiger partial charge in [-0.3, -0.25) is 9.69 Å². The average molecular weight is 256 g/mol. The molecule has 1 heterocycles. The van der Waals surface area contributed by atoms with E-state index >= 15 is 0 Å². The summed E-state index contributed by atoms with van der Waals surface area (Å²) in [6.45, 7) is 6.68.